The molecule has 1 aliphatic rings. The van der Waals surface area contributed by atoms with E-state index >= 15 is 0 Å². The number of halogens is 1. The number of β-amino-alcohol motifs (C(OH)–C–C–N with tert-alkyl or cyclic N) is 1. The Kier molecular flexibility index (Phi) is 3.03. The molecule has 0 aromatic heterocycles. The monoisotopic (exact) mass is 240 g/mol. The van der Waals surface area contributed by atoms with E-state index in [0.29, 0.717) is 35.8 Å². The van der Waals surface area contributed by atoms with Gasteiger partial charge in [0.15, 0.2) is 0 Å². The zero-order valence-corrected chi connectivity index (χ0v) is 9.44. The van der Waals surface area contributed by atoms with Crippen LogP contribution in [0.5, 0.6) is 0 Å². The Hall–Kier alpha value is -1.26. The molecule has 0 unspecified atom stereocenters. The molecular weight excluding hydrogens is 228 g/mol. The van der Waals surface area contributed by atoms with Crippen LogP contribution >= 0.6 is 11.6 Å². The van der Waals surface area contributed by atoms with E-state index in [2.05, 4.69) is 0 Å². The van der Waals surface area contributed by atoms with E-state index in [1.165, 1.54) is 0 Å². The van der Waals surface area contributed by atoms with Crippen LogP contribution in [-0.4, -0.2) is 35.1 Å². The van der Waals surface area contributed by atoms with Crippen molar-refractivity contribution in [2.45, 2.75) is 12.5 Å². The van der Waals surface area contributed by atoms with Crippen LogP contribution < -0.4 is 5.73 Å². The van der Waals surface area contributed by atoms with Crippen molar-refractivity contribution in [1.82, 2.24) is 4.90 Å². The number of amides is 1. The van der Waals surface area contributed by atoms with Gasteiger partial charge in [-0.15, -0.1) is 0 Å². The highest BCUT2D eigenvalue weighted by Gasteiger charge is 2.26. The van der Waals surface area contributed by atoms with Crippen LogP contribution in [0.2, 0.25) is 5.02 Å². The molecule has 1 atom stereocenters. The molecule has 16 heavy (non-hydrogen) atoms. The summed E-state index contributed by atoms with van der Waals surface area (Å²) < 4.78 is 0. The Bertz CT molecular complexity index is 422. The second kappa shape index (κ2) is 4.31. The number of likely N-dealkylation sites (tertiary alicyclic amines) is 1. The number of anilines is 1. The van der Waals surface area contributed by atoms with Crippen molar-refractivity contribution >= 4 is 23.2 Å². The topological polar surface area (TPSA) is 66.6 Å². The van der Waals surface area contributed by atoms with Gasteiger partial charge in [0, 0.05) is 18.8 Å². The van der Waals surface area contributed by atoms with E-state index < -0.39 is 6.10 Å². The lowest BCUT2D eigenvalue weighted by Gasteiger charge is -2.16. The van der Waals surface area contributed by atoms with E-state index in [-0.39, 0.29) is 5.91 Å². The maximum atomic E-state index is 12.0. The number of nitrogens with zero attached hydrogens (tertiary/aromatic N) is 1. The fourth-order valence-corrected chi connectivity index (χ4v) is 2.00. The minimum Gasteiger partial charge on any atom is -0.399 e. The SMILES string of the molecule is Nc1ccc(Cl)c(C(=O)N2CC[C@@H](O)C2)c1. The fourth-order valence-electron chi connectivity index (χ4n) is 1.80. The molecule has 1 amide bonds. The van der Waals surface area contributed by atoms with E-state index in [9.17, 15) is 9.90 Å². The van der Waals surface area contributed by atoms with E-state index in [0.717, 1.165) is 0 Å². The number of nitrogen functional groups attached to an aromatic ring is 1. The number of aliphatic hydroxyl groups excluding tert-OH is 1. The summed E-state index contributed by atoms with van der Waals surface area (Å²) in [6.07, 6.45) is 0.190. The van der Waals surface area contributed by atoms with Gasteiger partial charge in [0.05, 0.1) is 16.7 Å². The number of benzene rings is 1. The summed E-state index contributed by atoms with van der Waals surface area (Å²) in [5, 5.41) is 9.76. The summed E-state index contributed by atoms with van der Waals surface area (Å²) in [7, 11) is 0. The molecule has 1 aromatic rings. The van der Waals surface area contributed by atoms with Crippen molar-refractivity contribution in [2.24, 2.45) is 0 Å². The van der Waals surface area contributed by atoms with Crippen LogP contribution in [0.3, 0.4) is 0 Å². The first kappa shape index (κ1) is 11.2. The second-order valence-electron chi connectivity index (χ2n) is 3.93. The average Bonchev–Trinajstić information content (AvgIpc) is 2.67. The number of rotatable bonds is 1. The fraction of sp³-hybridized carbons (Fsp3) is 0.364. The standard InChI is InChI=1S/C11H13ClN2O2/c12-10-2-1-7(13)5-9(10)11(16)14-4-3-8(15)6-14/h1-2,5,8,15H,3-4,6,13H2/t8-/m1/s1. The molecule has 5 heteroatoms. The van der Waals surface area contributed by atoms with Crippen LogP contribution in [0.25, 0.3) is 0 Å². The van der Waals surface area contributed by atoms with Gasteiger partial charge in [0.1, 0.15) is 0 Å². The Morgan fingerprint density at radius 3 is 2.94 bits per heavy atom. The molecule has 1 aliphatic heterocycles. The van der Waals surface area contributed by atoms with Crippen LogP contribution in [0.4, 0.5) is 5.69 Å². The maximum Gasteiger partial charge on any atom is 0.255 e. The van der Waals surface area contributed by atoms with Crippen molar-refractivity contribution in [3.8, 4) is 0 Å². The Morgan fingerprint density at radius 2 is 2.31 bits per heavy atom. The van der Waals surface area contributed by atoms with Crippen LogP contribution in [-0.2, 0) is 0 Å². The molecule has 0 radical (unpaired) electrons. The number of carbonyl (C=O) groups is 1. The lowest BCUT2D eigenvalue weighted by atomic mass is 10.2. The summed E-state index contributed by atoms with van der Waals surface area (Å²) >= 11 is 5.94. The number of nitrogens with two attached hydrogens (primary N) is 1. The predicted octanol–water partition coefficient (Wildman–Crippen LogP) is 1.13. The third kappa shape index (κ3) is 2.13. The average molecular weight is 241 g/mol. The highest BCUT2D eigenvalue weighted by atomic mass is 35.5. The Morgan fingerprint density at radius 1 is 1.56 bits per heavy atom. The van der Waals surface area contributed by atoms with Gasteiger partial charge in [-0.2, -0.15) is 0 Å². The summed E-state index contributed by atoms with van der Waals surface area (Å²) in [5.74, 6) is -0.172. The molecule has 1 saturated heterocycles. The molecule has 2 rings (SSSR count). The third-order valence-electron chi connectivity index (χ3n) is 2.67. The van der Waals surface area contributed by atoms with Crippen molar-refractivity contribution in [3.63, 3.8) is 0 Å². The van der Waals surface area contributed by atoms with Gasteiger partial charge >= 0.3 is 0 Å². The molecule has 86 valence electrons. The molecule has 0 spiro atoms. The number of carbonyl (C=O) groups excluding carboxylic acids is 1. The first-order chi connectivity index (χ1) is 7.58. The first-order valence-corrected chi connectivity index (χ1v) is 5.48. The number of hydrogen-bond donors (Lipinski definition) is 2. The molecule has 0 bridgehead atoms. The van der Waals surface area contributed by atoms with Crippen LogP contribution in [0, 0.1) is 0 Å². The summed E-state index contributed by atoms with van der Waals surface area (Å²) in [6.45, 7) is 0.926. The van der Waals surface area contributed by atoms with E-state index in [1.807, 2.05) is 0 Å². The van der Waals surface area contributed by atoms with Crippen molar-refractivity contribution < 1.29 is 9.90 Å². The largest absolute Gasteiger partial charge is 0.399 e. The lowest BCUT2D eigenvalue weighted by Crippen LogP contribution is -2.29. The van der Waals surface area contributed by atoms with Crippen LogP contribution in [0.15, 0.2) is 18.2 Å². The first-order valence-electron chi connectivity index (χ1n) is 5.10. The molecule has 4 nitrogen and oxygen atoms in total. The minimum atomic E-state index is -0.427. The maximum absolute atomic E-state index is 12.0. The van der Waals surface area contributed by atoms with E-state index in [1.54, 1.807) is 23.1 Å². The molecule has 1 aromatic carbocycles. The lowest BCUT2D eigenvalue weighted by molar-refractivity contribution is 0.0765. The van der Waals surface area contributed by atoms with Crippen molar-refractivity contribution in [2.75, 3.05) is 18.8 Å². The van der Waals surface area contributed by atoms with Gasteiger partial charge < -0.3 is 15.7 Å². The van der Waals surface area contributed by atoms with Crippen LogP contribution in [0.1, 0.15) is 16.8 Å². The summed E-state index contributed by atoms with van der Waals surface area (Å²) in [5.41, 5.74) is 6.52. The highest BCUT2D eigenvalue weighted by molar-refractivity contribution is 6.34. The molecule has 0 saturated carbocycles. The summed E-state index contributed by atoms with van der Waals surface area (Å²) in [4.78, 5) is 13.6. The van der Waals surface area contributed by atoms with Gasteiger partial charge in [0.25, 0.3) is 5.91 Å². The predicted molar refractivity (Wildman–Crippen MR) is 62.4 cm³/mol. The number of aliphatic hydroxyl groups is 1. The highest BCUT2D eigenvalue weighted by Crippen LogP contribution is 2.22. The second-order valence-corrected chi connectivity index (χ2v) is 4.34. The zero-order valence-electron chi connectivity index (χ0n) is 8.69. The molecule has 3 N–H and O–H groups in total. The third-order valence-corrected chi connectivity index (χ3v) is 3.00. The normalized spacial score (nSPS) is 20.1. The quantitative estimate of drug-likeness (QED) is 0.724. The van der Waals surface area contributed by atoms with Gasteiger partial charge in [0.2, 0.25) is 0 Å². The smallest absolute Gasteiger partial charge is 0.255 e. The van der Waals surface area contributed by atoms with Crippen molar-refractivity contribution in [3.05, 3.63) is 28.8 Å². The zero-order chi connectivity index (χ0) is 11.7. The Balaban J connectivity index is 2.23. The minimum absolute atomic E-state index is 0.172. The Labute approximate surface area is 98.6 Å². The molecule has 1 heterocycles. The van der Waals surface area contributed by atoms with Gasteiger partial charge in [-0.3, -0.25) is 4.79 Å². The van der Waals surface area contributed by atoms with Gasteiger partial charge in [-0.05, 0) is 24.6 Å². The summed E-state index contributed by atoms with van der Waals surface area (Å²) in [6, 6.07) is 4.82. The molecular formula is C11H13ClN2O2. The van der Waals surface area contributed by atoms with Gasteiger partial charge in [-0.1, -0.05) is 11.6 Å². The molecule has 0 aliphatic carbocycles. The molecule has 1 fully saturated rings. The number of hydrogen-bond acceptors (Lipinski definition) is 3. The van der Waals surface area contributed by atoms with Gasteiger partial charge in [-0.25, -0.2) is 0 Å². The van der Waals surface area contributed by atoms with E-state index in [4.69, 9.17) is 17.3 Å². The van der Waals surface area contributed by atoms with Crippen molar-refractivity contribution in [1.29, 1.82) is 0 Å².